The van der Waals surface area contributed by atoms with Gasteiger partial charge in [0.05, 0.1) is 33.5 Å². The molecule has 0 aliphatic carbocycles. The van der Waals surface area contributed by atoms with E-state index in [2.05, 4.69) is 20.6 Å². The van der Waals surface area contributed by atoms with E-state index in [-0.39, 0.29) is 28.9 Å². The van der Waals surface area contributed by atoms with Crippen LogP contribution in [-0.2, 0) is 0 Å². The fraction of sp³-hybridized carbons (Fsp3) is 0.419. The van der Waals surface area contributed by atoms with Crippen LogP contribution in [-0.4, -0.2) is 80.7 Å². The van der Waals surface area contributed by atoms with Crippen LogP contribution >= 0.6 is 11.6 Å². The smallest absolute Gasteiger partial charge is 0.317 e. The molecule has 11 heteroatoms. The van der Waals surface area contributed by atoms with E-state index in [1.165, 1.54) is 29.2 Å². The number of phenols is 1. The van der Waals surface area contributed by atoms with Gasteiger partial charge in [0.2, 0.25) is 0 Å². The van der Waals surface area contributed by atoms with Crippen molar-refractivity contribution < 1.29 is 9.84 Å². The number of hydrogen-bond donors (Lipinski definition) is 3. The molecule has 4 aromatic rings. The van der Waals surface area contributed by atoms with Crippen LogP contribution in [0.5, 0.6) is 11.8 Å². The Balaban J connectivity index is 1.31. The molecule has 3 N–H and O–H groups in total. The largest absolute Gasteiger partial charge is 0.508 e. The van der Waals surface area contributed by atoms with Crippen molar-refractivity contribution >= 4 is 38.8 Å². The molecule has 2 aromatic heterocycles. The Morgan fingerprint density at radius 1 is 1.14 bits per heavy atom. The summed E-state index contributed by atoms with van der Waals surface area (Å²) in [6.07, 6.45) is 6.99. The molecule has 3 saturated heterocycles. The summed E-state index contributed by atoms with van der Waals surface area (Å²) in [5.74, 6) is 0.0133. The minimum atomic E-state index is -0.421. The van der Waals surface area contributed by atoms with Crippen LogP contribution in [0.2, 0.25) is 5.02 Å². The lowest BCUT2D eigenvalue weighted by Crippen LogP contribution is -2.43. The number of halogens is 1. The predicted octanol–water partition coefficient (Wildman–Crippen LogP) is 3.41. The number of phenolic OH excluding ortho intramolecular Hbond substituents is 1. The molecule has 216 valence electrons. The molecule has 3 fully saturated rings. The lowest BCUT2D eigenvalue weighted by molar-refractivity contribution is 0.107. The van der Waals surface area contributed by atoms with Gasteiger partial charge in [-0.2, -0.15) is 19.7 Å². The molecular formula is C31H32ClN7O3. The normalized spacial score (nSPS) is 21.8. The van der Waals surface area contributed by atoms with Crippen LogP contribution in [0, 0.1) is 0 Å². The van der Waals surface area contributed by atoms with Gasteiger partial charge in [0.25, 0.3) is 5.56 Å². The zero-order valence-corrected chi connectivity index (χ0v) is 24.0. The third-order valence-corrected chi connectivity index (χ3v) is 9.83. The lowest BCUT2D eigenvalue weighted by Gasteiger charge is -2.31. The van der Waals surface area contributed by atoms with E-state index >= 15 is 0 Å². The maximum Gasteiger partial charge on any atom is 0.317 e. The average Bonchev–Trinajstić information content (AvgIpc) is 3.40. The van der Waals surface area contributed by atoms with Gasteiger partial charge < -0.3 is 20.5 Å². The van der Waals surface area contributed by atoms with Gasteiger partial charge in [-0.25, -0.2) is 0 Å². The molecule has 5 aliphatic rings. The van der Waals surface area contributed by atoms with Crippen molar-refractivity contribution in [3.63, 3.8) is 0 Å². The number of benzene rings is 2. The molecule has 0 radical (unpaired) electrons. The molecule has 0 spiro atoms. The highest BCUT2D eigenvalue weighted by molar-refractivity contribution is 6.36. The van der Waals surface area contributed by atoms with E-state index in [1.54, 1.807) is 18.3 Å². The third-order valence-electron chi connectivity index (χ3n) is 9.52. The molecule has 2 bridgehead atoms. The van der Waals surface area contributed by atoms with Gasteiger partial charge in [-0.05, 0) is 73.9 Å². The fourth-order valence-corrected chi connectivity index (χ4v) is 7.73. The van der Waals surface area contributed by atoms with Crippen molar-refractivity contribution in [1.29, 1.82) is 0 Å². The maximum absolute atomic E-state index is 14.2. The standard InChI is InChI=1S/C31H32ClN7O3/c32-24-5-1-4-18-10-21(40)12-25(26(18)24)39-29(41)28-23(16-35-39)27(22-11-20-15-33-13-19(22)14-34-20)36-30(37-28)42-17-31-6-2-8-38(31)9-3-7-31/h1,4-5,10,12,16,20,33-34,40H,2-3,6-9,11,13-15,17H2. The van der Waals surface area contributed by atoms with E-state index in [9.17, 15) is 9.90 Å². The molecule has 7 heterocycles. The van der Waals surface area contributed by atoms with Gasteiger partial charge in [0.1, 0.15) is 17.9 Å². The highest BCUT2D eigenvalue weighted by Crippen LogP contribution is 2.39. The van der Waals surface area contributed by atoms with Gasteiger partial charge in [-0.1, -0.05) is 23.7 Å². The molecule has 10 nitrogen and oxygen atoms in total. The molecule has 0 amide bonds. The second-order valence-corrected chi connectivity index (χ2v) is 12.4. The lowest BCUT2D eigenvalue weighted by atomic mass is 9.93. The summed E-state index contributed by atoms with van der Waals surface area (Å²) in [7, 11) is 0. The van der Waals surface area contributed by atoms with E-state index in [0.717, 1.165) is 57.6 Å². The van der Waals surface area contributed by atoms with E-state index in [4.69, 9.17) is 26.3 Å². The number of rotatable bonds is 5. The highest BCUT2D eigenvalue weighted by Gasteiger charge is 2.45. The minimum absolute atomic E-state index is 0.0133. The Morgan fingerprint density at radius 2 is 2.00 bits per heavy atom. The van der Waals surface area contributed by atoms with E-state index in [0.29, 0.717) is 39.2 Å². The van der Waals surface area contributed by atoms with Crippen LogP contribution in [0.1, 0.15) is 37.8 Å². The Kier molecular flexibility index (Phi) is 6.22. The third kappa shape index (κ3) is 4.19. The van der Waals surface area contributed by atoms with Crippen molar-refractivity contribution in [3.05, 3.63) is 63.2 Å². The molecular weight excluding hydrogens is 554 g/mol. The maximum atomic E-state index is 14.2. The average molecular weight is 586 g/mol. The second-order valence-electron chi connectivity index (χ2n) is 12.0. The predicted molar refractivity (Wildman–Crippen MR) is 162 cm³/mol. The molecule has 1 atom stereocenters. The van der Waals surface area contributed by atoms with Crippen LogP contribution in [0.4, 0.5) is 0 Å². The summed E-state index contributed by atoms with van der Waals surface area (Å²) < 4.78 is 7.68. The first-order chi connectivity index (χ1) is 20.5. The number of hydrogen-bond acceptors (Lipinski definition) is 9. The Bertz CT molecular complexity index is 1820. The Labute approximate surface area is 247 Å². The molecule has 1 unspecified atom stereocenters. The number of aromatic hydroxyl groups is 1. The van der Waals surface area contributed by atoms with Gasteiger partial charge in [0, 0.05) is 37.1 Å². The van der Waals surface area contributed by atoms with Gasteiger partial charge >= 0.3 is 6.01 Å². The fourth-order valence-electron chi connectivity index (χ4n) is 7.45. The topological polar surface area (TPSA) is 117 Å². The summed E-state index contributed by atoms with van der Waals surface area (Å²) in [6, 6.07) is 9.03. The second kappa shape index (κ2) is 10.0. The van der Waals surface area contributed by atoms with Gasteiger partial charge in [-0.3, -0.25) is 9.69 Å². The molecule has 9 rings (SSSR count). The summed E-state index contributed by atoms with van der Waals surface area (Å²) in [6.45, 7) is 5.10. The number of fused-ring (bicyclic) bond motifs is 7. The molecule has 2 aromatic carbocycles. The molecule has 5 aliphatic heterocycles. The van der Waals surface area contributed by atoms with Crippen LogP contribution < -0.4 is 20.9 Å². The monoisotopic (exact) mass is 585 g/mol. The number of nitrogens with zero attached hydrogens (tertiary/aromatic N) is 5. The summed E-state index contributed by atoms with van der Waals surface area (Å²) >= 11 is 6.59. The number of aromatic nitrogens is 4. The van der Waals surface area contributed by atoms with Crippen molar-refractivity contribution in [2.45, 2.75) is 43.7 Å². The van der Waals surface area contributed by atoms with Crippen molar-refractivity contribution in [2.75, 3.05) is 39.3 Å². The van der Waals surface area contributed by atoms with Crippen LogP contribution in [0.25, 0.3) is 32.9 Å². The Morgan fingerprint density at radius 3 is 2.86 bits per heavy atom. The SMILES string of the molecule is O=c1c2nc(OCC34CCCN3CCC4)nc(C3=C4CNCC(C3)NC4)c2cnn1-c1cc(O)cc2cccc(Cl)c12. The minimum Gasteiger partial charge on any atom is -0.508 e. The van der Waals surface area contributed by atoms with Crippen molar-refractivity contribution in [2.24, 2.45) is 0 Å². The summed E-state index contributed by atoms with van der Waals surface area (Å²) in [5.41, 5.74) is 3.27. The number of ether oxygens (including phenoxy) is 1. The van der Waals surface area contributed by atoms with Crippen LogP contribution in [0.3, 0.4) is 0 Å². The molecule has 42 heavy (non-hydrogen) atoms. The summed E-state index contributed by atoms with van der Waals surface area (Å²) in [5, 5.41) is 24.6. The summed E-state index contributed by atoms with van der Waals surface area (Å²) in [4.78, 5) is 26.5. The van der Waals surface area contributed by atoms with Crippen molar-refractivity contribution in [1.82, 2.24) is 35.3 Å². The first-order valence-electron chi connectivity index (χ1n) is 14.7. The first-order valence-corrected chi connectivity index (χ1v) is 15.1. The van der Waals surface area contributed by atoms with Gasteiger partial charge in [0.15, 0.2) is 0 Å². The van der Waals surface area contributed by atoms with E-state index in [1.807, 2.05) is 12.1 Å². The van der Waals surface area contributed by atoms with E-state index < -0.39 is 5.56 Å². The first kappa shape index (κ1) is 26.1. The zero-order chi connectivity index (χ0) is 28.4. The van der Waals surface area contributed by atoms with Gasteiger partial charge in [-0.15, -0.1) is 0 Å². The highest BCUT2D eigenvalue weighted by atomic mass is 35.5. The zero-order valence-electron chi connectivity index (χ0n) is 23.2. The number of nitrogens with one attached hydrogen (secondary N) is 2. The van der Waals surface area contributed by atoms with Crippen LogP contribution in [0.15, 0.2) is 46.9 Å². The Hall–Kier alpha value is -3.57. The quantitative estimate of drug-likeness (QED) is 0.324. The van der Waals surface area contributed by atoms with Crippen molar-refractivity contribution in [3.8, 4) is 17.4 Å². The molecule has 0 saturated carbocycles.